The van der Waals surface area contributed by atoms with Gasteiger partial charge in [0.1, 0.15) is 5.69 Å². The normalized spacial score (nSPS) is 17.6. The molecule has 8 nitrogen and oxygen atoms in total. The molecule has 0 saturated heterocycles. The highest BCUT2D eigenvalue weighted by Gasteiger charge is 2.49. The van der Waals surface area contributed by atoms with E-state index in [0.29, 0.717) is 24.3 Å². The van der Waals surface area contributed by atoms with E-state index < -0.39 is 10.3 Å². The third kappa shape index (κ3) is 1.94. The number of hydrogen-bond donors (Lipinski definition) is 2. The lowest BCUT2D eigenvalue weighted by Crippen LogP contribution is -2.31. The number of nitrogens with two attached hydrogens (primary N) is 1. The molecule has 0 unspecified atom stereocenters. The lowest BCUT2D eigenvalue weighted by atomic mass is 10.1. The van der Waals surface area contributed by atoms with Crippen molar-refractivity contribution in [1.29, 1.82) is 0 Å². The van der Waals surface area contributed by atoms with Gasteiger partial charge in [0.25, 0.3) is 5.69 Å². The van der Waals surface area contributed by atoms with Gasteiger partial charge in [0, 0.05) is 12.6 Å². The molecule has 0 bridgehead atoms. The van der Waals surface area contributed by atoms with E-state index in [-0.39, 0.29) is 30.6 Å². The van der Waals surface area contributed by atoms with Gasteiger partial charge in [-0.15, -0.1) is 0 Å². The molecule has 8 heteroatoms. The number of rotatable bonds is 4. The van der Waals surface area contributed by atoms with Crippen molar-refractivity contribution in [1.82, 2.24) is 0 Å². The van der Waals surface area contributed by atoms with Crippen LogP contribution in [-0.2, 0) is 4.79 Å². The Kier molecular flexibility index (Phi) is 2.75. The third-order valence-corrected chi connectivity index (χ3v) is 3.66. The summed E-state index contributed by atoms with van der Waals surface area (Å²) in [6.07, 6.45) is 1.40. The van der Waals surface area contributed by atoms with E-state index in [9.17, 15) is 14.9 Å². The van der Waals surface area contributed by atoms with Crippen LogP contribution in [0.2, 0.25) is 0 Å². The molecule has 1 saturated carbocycles. The van der Waals surface area contributed by atoms with Gasteiger partial charge < -0.3 is 20.5 Å². The van der Waals surface area contributed by atoms with Crippen LogP contribution >= 0.6 is 0 Å². The molecule has 1 aromatic rings. The molecule has 0 aromatic heterocycles. The van der Waals surface area contributed by atoms with E-state index in [1.807, 2.05) is 0 Å². The Balaban J connectivity index is 1.92. The molecule has 0 radical (unpaired) electrons. The molecule has 1 fully saturated rings. The fourth-order valence-corrected chi connectivity index (χ4v) is 2.11. The van der Waals surface area contributed by atoms with E-state index in [0.717, 1.165) is 0 Å². The molecule has 3 N–H and O–H groups in total. The van der Waals surface area contributed by atoms with Crippen LogP contribution in [0, 0.1) is 15.5 Å². The second-order valence-corrected chi connectivity index (χ2v) is 4.92. The fraction of sp³-hybridized carbons (Fsp3) is 0.417. The SMILES string of the molecule is NCC1(C(=O)Nc2cc3c(cc2[N+](=O)[O-])OCO3)CC1. The Labute approximate surface area is 114 Å². The van der Waals surface area contributed by atoms with Gasteiger partial charge in [0.05, 0.1) is 16.4 Å². The minimum absolute atomic E-state index is 0.0105. The van der Waals surface area contributed by atoms with Crippen LogP contribution < -0.4 is 20.5 Å². The van der Waals surface area contributed by atoms with Crippen molar-refractivity contribution in [3.63, 3.8) is 0 Å². The maximum atomic E-state index is 12.1. The summed E-state index contributed by atoms with van der Waals surface area (Å²) >= 11 is 0. The molecule has 1 heterocycles. The molecule has 1 amide bonds. The van der Waals surface area contributed by atoms with Crippen LogP contribution in [0.15, 0.2) is 12.1 Å². The molecule has 2 aliphatic rings. The summed E-state index contributed by atoms with van der Waals surface area (Å²) in [6, 6.07) is 2.66. The highest BCUT2D eigenvalue weighted by atomic mass is 16.7. The number of amides is 1. The van der Waals surface area contributed by atoms with Gasteiger partial charge in [-0.1, -0.05) is 0 Å². The molecular weight excluding hydrogens is 266 g/mol. The molecular formula is C12H13N3O5. The number of nitro groups is 1. The van der Waals surface area contributed by atoms with Crippen molar-refractivity contribution < 1.29 is 19.2 Å². The zero-order valence-electron chi connectivity index (χ0n) is 10.5. The zero-order valence-corrected chi connectivity index (χ0v) is 10.5. The Bertz CT molecular complexity index is 597. The van der Waals surface area contributed by atoms with Gasteiger partial charge in [-0.25, -0.2) is 0 Å². The Morgan fingerprint density at radius 2 is 2.05 bits per heavy atom. The lowest BCUT2D eigenvalue weighted by Gasteiger charge is -2.13. The maximum absolute atomic E-state index is 12.1. The summed E-state index contributed by atoms with van der Waals surface area (Å²) < 4.78 is 10.3. The largest absolute Gasteiger partial charge is 0.454 e. The number of nitrogens with one attached hydrogen (secondary N) is 1. The minimum atomic E-state index is -0.579. The molecule has 0 atom stereocenters. The zero-order chi connectivity index (χ0) is 14.3. The molecule has 20 heavy (non-hydrogen) atoms. The van der Waals surface area contributed by atoms with Crippen LogP contribution in [-0.4, -0.2) is 24.2 Å². The number of nitro benzene ring substituents is 1. The quantitative estimate of drug-likeness (QED) is 0.627. The topological polar surface area (TPSA) is 117 Å². The second kappa shape index (κ2) is 4.34. The van der Waals surface area contributed by atoms with Crippen molar-refractivity contribution in [2.24, 2.45) is 11.1 Å². The number of nitrogens with zero attached hydrogens (tertiary/aromatic N) is 1. The van der Waals surface area contributed by atoms with Crippen LogP contribution in [0.4, 0.5) is 11.4 Å². The number of carbonyl (C=O) groups excluding carboxylic acids is 1. The van der Waals surface area contributed by atoms with Crippen LogP contribution in [0.5, 0.6) is 11.5 Å². The van der Waals surface area contributed by atoms with E-state index in [1.165, 1.54) is 12.1 Å². The number of anilines is 1. The Hall–Kier alpha value is -2.35. The first-order valence-electron chi connectivity index (χ1n) is 6.15. The van der Waals surface area contributed by atoms with Crippen LogP contribution in [0.1, 0.15) is 12.8 Å². The Morgan fingerprint density at radius 3 is 2.60 bits per heavy atom. The molecule has 1 aliphatic heterocycles. The molecule has 1 aliphatic carbocycles. The highest BCUT2D eigenvalue weighted by molar-refractivity contribution is 5.99. The van der Waals surface area contributed by atoms with Crippen molar-refractivity contribution >= 4 is 17.3 Å². The summed E-state index contributed by atoms with van der Waals surface area (Å²) in [7, 11) is 0. The van der Waals surface area contributed by atoms with Crippen molar-refractivity contribution in [2.45, 2.75) is 12.8 Å². The van der Waals surface area contributed by atoms with E-state index in [2.05, 4.69) is 5.32 Å². The fourth-order valence-electron chi connectivity index (χ4n) is 2.11. The monoisotopic (exact) mass is 279 g/mol. The average molecular weight is 279 g/mol. The smallest absolute Gasteiger partial charge is 0.296 e. The molecule has 106 valence electrons. The molecule has 0 spiro atoms. The van der Waals surface area contributed by atoms with Gasteiger partial charge in [-0.05, 0) is 12.8 Å². The lowest BCUT2D eigenvalue weighted by molar-refractivity contribution is -0.384. The highest BCUT2D eigenvalue weighted by Crippen LogP contribution is 2.47. The first-order valence-corrected chi connectivity index (χ1v) is 6.15. The minimum Gasteiger partial charge on any atom is -0.454 e. The summed E-state index contributed by atoms with van der Waals surface area (Å²) in [5.41, 5.74) is 4.87. The van der Waals surface area contributed by atoms with Crippen LogP contribution in [0.3, 0.4) is 0 Å². The van der Waals surface area contributed by atoms with Crippen LogP contribution in [0.25, 0.3) is 0 Å². The van der Waals surface area contributed by atoms with E-state index in [1.54, 1.807) is 0 Å². The van der Waals surface area contributed by atoms with Gasteiger partial charge in [0.15, 0.2) is 11.5 Å². The van der Waals surface area contributed by atoms with E-state index >= 15 is 0 Å². The first kappa shape index (κ1) is 12.7. The predicted molar refractivity (Wildman–Crippen MR) is 68.6 cm³/mol. The van der Waals surface area contributed by atoms with Gasteiger partial charge in [0.2, 0.25) is 12.7 Å². The van der Waals surface area contributed by atoms with Crippen molar-refractivity contribution in [3.8, 4) is 11.5 Å². The third-order valence-electron chi connectivity index (χ3n) is 3.66. The van der Waals surface area contributed by atoms with Crippen molar-refractivity contribution in [2.75, 3.05) is 18.7 Å². The Morgan fingerprint density at radius 1 is 1.40 bits per heavy atom. The molecule has 3 rings (SSSR count). The average Bonchev–Trinajstić information content (AvgIpc) is 3.10. The summed E-state index contributed by atoms with van der Waals surface area (Å²) in [6.45, 7) is 0.244. The summed E-state index contributed by atoms with van der Waals surface area (Å²) in [4.78, 5) is 22.6. The number of ether oxygens (including phenoxy) is 2. The number of carbonyl (C=O) groups is 1. The molecule has 1 aromatic carbocycles. The van der Waals surface area contributed by atoms with E-state index in [4.69, 9.17) is 15.2 Å². The van der Waals surface area contributed by atoms with Gasteiger partial charge in [-0.2, -0.15) is 0 Å². The second-order valence-electron chi connectivity index (χ2n) is 4.92. The van der Waals surface area contributed by atoms with Gasteiger partial charge >= 0.3 is 0 Å². The van der Waals surface area contributed by atoms with Crippen molar-refractivity contribution in [3.05, 3.63) is 22.2 Å². The number of hydrogen-bond acceptors (Lipinski definition) is 6. The first-order chi connectivity index (χ1) is 9.55. The van der Waals surface area contributed by atoms with Gasteiger partial charge in [-0.3, -0.25) is 14.9 Å². The maximum Gasteiger partial charge on any atom is 0.296 e. The standard InChI is InChI=1S/C12H13N3O5/c13-5-12(1-2-12)11(16)14-7-3-9-10(20-6-19-9)4-8(7)15(17)18/h3-4H,1-2,5-6,13H2,(H,14,16). The predicted octanol–water partition coefficient (Wildman–Crippen LogP) is 1.00. The summed E-state index contributed by atoms with van der Waals surface area (Å²) in [5, 5.41) is 13.7. The summed E-state index contributed by atoms with van der Waals surface area (Å²) in [5.74, 6) is 0.389. The number of fused-ring (bicyclic) bond motifs is 1. The number of benzene rings is 1.